The van der Waals surface area contributed by atoms with Crippen LogP contribution < -0.4 is 10.1 Å². The third-order valence-corrected chi connectivity index (χ3v) is 6.31. The van der Waals surface area contributed by atoms with Crippen LogP contribution in [0.4, 0.5) is 5.69 Å². The van der Waals surface area contributed by atoms with Gasteiger partial charge >= 0.3 is 0 Å². The maximum Gasteiger partial charge on any atom is 0.265 e. The number of nitrogens with one attached hydrogen (secondary N) is 1. The minimum Gasteiger partial charge on any atom is -0.481 e. The van der Waals surface area contributed by atoms with Gasteiger partial charge in [0.1, 0.15) is 5.75 Å². The second-order valence-electron chi connectivity index (χ2n) is 8.09. The summed E-state index contributed by atoms with van der Waals surface area (Å²) >= 11 is 1.59. The Morgan fingerprint density at radius 3 is 2.74 bits per heavy atom. The number of thiophene rings is 1. The van der Waals surface area contributed by atoms with E-state index in [1.54, 1.807) is 22.8 Å². The Bertz CT molecular complexity index is 1480. The molecule has 1 atom stereocenters. The summed E-state index contributed by atoms with van der Waals surface area (Å²) in [5.41, 5.74) is 5.04. The average molecular weight is 470 g/mol. The molecule has 1 N–H and O–H groups in total. The van der Waals surface area contributed by atoms with Gasteiger partial charge < -0.3 is 10.1 Å². The van der Waals surface area contributed by atoms with E-state index >= 15 is 0 Å². The van der Waals surface area contributed by atoms with Crippen molar-refractivity contribution in [1.29, 1.82) is 0 Å². The van der Waals surface area contributed by atoms with Crippen molar-refractivity contribution in [1.82, 2.24) is 19.8 Å². The van der Waals surface area contributed by atoms with Crippen LogP contribution >= 0.6 is 11.3 Å². The molecule has 170 valence electrons. The number of hydrogen-bond donors (Lipinski definition) is 1. The van der Waals surface area contributed by atoms with Crippen molar-refractivity contribution in [2.24, 2.45) is 0 Å². The van der Waals surface area contributed by atoms with Crippen LogP contribution in [0.25, 0.3) is 27.6 Å². The maximum atomic E-state index is 12.8. The van der Waals surface area contributed by atoms with E-state index < -0.39 is 6.10 Å². The van der Waals surface area contributed by atoms with E-state index in [4.69, 9.17) is 9.84 Å². The molecule has 0 saturated carbocycles. The number of rotatable bonds is 6. The molecule has 0 fully saturated rings. The zero-order valence-electron chi connectivity index (χ0n) is 19.0. The monoisotopic (exact) mass is 469 g/mol. The molecule has 3 aromatic heterocycles. The van der Waals surface area contributed by atoms with Gasteiger partial charge in [0.2, 0.25) is 0 Å². The topological polar surface area (TPSA) is 81.4 Å². The molecule has 5 aromatic rings. The predicted octanol–water partition coefficient (Wildman–Crippen LogP) is 5.54. The first-order valence-electron chi connectivity index (χ1n) is 10.9. The van der Waals surface area contributed by atoms with E-state index in [1.165, 1.54) is 0 Å². The molecule has 1 amide bonds. The molecule has 3 heterocycles. The fraction of sp³-hybridized carbons (Fsp3) is 0.154. The summed E-state index contributed by atoms with van der Waals surface area (Å²) in [6, 6.07) is 21.3. The molecule has 34 heavy (non-hydrogen) atoms. The summed E-state index contributed by atoms with van der Waals surface area (Å²) in [7, 11) is 0. The molecular formula is C26H23N5O2S. The van der Waals surface area contributed by atoms with Crippen LogP contribution in [0.1, 0.15) is 18.1 Å². The Kier molecular flexibility index (Phi) is 5.81. The number of carbonyl (C=O) groups excluding carboxylic acids is 1. The molecule has 1 unspecified atom stereocenters. The van der Waals surface area contributed by atoms with Gasteiger partial charge in [0.15, 0.2) is 17.6 Å². The van der Waals surface area contributed by atoms with E-state index in [1.807, 2.05) is 86.0 Å². The summed E-state index contributed by atoms with van der Waals surface area (Å²) in [6.45, 7) is 5.71. The predicted molar refractivity (Wildman–Crippen MR) is 134 cm³/mol. The first-order chi connectivity index (χ1) is 16.5. The highest BCUT2D eigenvalue weighted by molar-refractivity contribution is 7.13. The first-order valence-corrected chi connectivity index (χ1v) is 11.8. The number of amides is 1. The Morgan fingerprint density at radius 1 is 1.03 bits per heavy atom. The molecule has 8 heteroatoms. The number of fused-ring (bicyclic) bond motifs is 1. The van der Waals surface area contributed by atoms with E-state index in [-0.39, 0.29) is 5.91 Å². The smallest absolute Gasteiger partial charge is 0.265 e. The Balaban J connectivity index is 1.36. The van der Waals surface area contributed by atoms with Gasteiger partial charge in [0.05, 0.1) is 10.6 Å². The van der Waals surface area contributed by atoms with Gasteiger partial charge in [-0.25, -0.2) is 0 Å². The van der Waals surface area contributed by atoms with Crippen molar-refractivity contribution in [2.45, 2.75) is 26.9 Å². The minimum absolute atomic E-state index is 0.222. The highest BCUT2D eigenvalue weighted by atomic mass is 32.1. The summed E-state index contributed by atoms with van der Waals surface area (Å²) in [5, 5.41) is 18.2. The van der Waals surface area contributed by atoms with Crippen LogP contribution in [0.5, 0.6) is 5.75 Å². The lowest BCUT2D eigenvalue weighted by atomic mass is 10.1. The van der Waals surface area contributed by atoms with Gasteiger partial charge in [-0.3, -0.25) is 4.79 Å². The van der Waals surface area contributed by atoms with Crippen molar-refractivity contribution in [3.63, 3.8) is 0 Å². The summed E-state index contributed by atoms with van der Waals surface area (Å²) in [4.78, 5) is 13.8. The molecule has 0 aliphatic heterocycles. The quantitative estimate of drug-likeness (QED) is 0.353. The van der Waals surface area contributed by atoms with Crippen molar-refractivity contribution in [2.75, 3.05) is 5.32 Å². The summed E-state index contributed by atoms with van der Waals surface area (Å²) < 4.78 is 7.66. The number of ether oxygens (including phenoxy) is 1. The van der Waals surface area contributed by atoms with Gasteiger partial charge in [-0.2, -0.15) is 9.61 Å². The molecule has 2 aromatic carbocycles. The van der Waals surface area contributed by atoms with Crippen molar-refractivity contribution < 1.29 is 9.53 Å². The van der Waals surface area contributed by atoms with Gasteiger partial charge in [0.25, 0.3) is 5.91 Å². The van der Waals surface area contributed by atoms with Crippen molar-refractivity contribution in [3.05, 3.63) is 83.2 Å². The SMILES string of the molecule is Cc1ccc(C)c(OC(C)C(=O)Nc2cccc(-c3ccc4nnc(-c5cccs5)n4n3)c2)c1. The van der Waals surface area contributed by atoms with Crippen LogP contribution in [-0.4, -0.2) is 31.8 Å². The molecule has 5 rings (SSSR count). The molecule has 7 nitrogen and oxygen atoms in total. The summed E-state index contributed by atoms with van der Waals surface area (Å²) in [5.74, 6) is 1.19. The first kappa shape index (κ1) is 21.8. The van der Waals surface area contributed by atoms with Gasteiger partial charge in [-0.05, 0) is 73.7 Å². The molecule has 0 saturated heterocycles. The molecule has 0 aliphatic carbocycles. The number of anilines is 1. The molecule has 0 radical (unpaired) electrons. The number of benzene rings is 2. The van der Waals surface area contributed by atoms with Crippen LogP contribution in [0, 0.1) is 13.8 Å². The second-order valence-corrected chi connectivity index (χ2v) is 9.04. The van der Waals surface area contributed by atoms with Crippen LogP contribution in [0.2, 0.25) is 0 Å². The molecule has 0 bridgehead atoms. The second kappa shape index (κ2) is 9.07. The van der Waals surface area contributed by atoms with Crippen LogP contribution in [0.15, 0.2) is 72.1 Å². The number of nitrogens with zero attached hydrogens (tertiary/aromatic N) is 4. The zero-order valence-corrected chi connectivity index (χ0v) is 19.8. The van der Waals surface area contributed by atoms with E-state index in [9.17, 15) is 4.79 Å². The minimum atomic E-state index is -0.649. The molecule has 0 spiro atoms. The lowest BCUT2D eigenvalue weighted by molar-refractivity contribution is -0.122. The number of carbonyl (C=O) groups is 1. The normalized spacial score (nSPS) is 12.0. The zero-order chi connectivity index (χ0) is 23.7. The van der Waals surface area contributed by atoms with E-state index in [0.29, 0.717) is 22.9 Å². The highest BCUT2D eigenvalue weighted by Crippen LogP contribution is 2.26. The Morgan fingerprint density at radius 2 is 1.91 bits per heavy atom. The average Bonchev–Trinajstić information content (AvgIpc) is 3.51. The Hall–Kier alpha value is -4.04. The van der Waals surface area contributed by atoms with E-state index in [0.717, 1.165) is 27.3 Å². The third-order valence-electron chi connectivity index (χ3n) is 5.45. The lowest BCUT2D eigenvalue weighted by Crippen LogP contribution is -2.30. The fourth-order valence-electron chi connectivity index (χ4n) is 3.58. The van der Waals surface area contributed by atoms with Crippen LogP contribution in [0.3, 0.4) is 0 Å². The largest absolute Gasteiger partial charge is 0.481 e. The number of aryl methyl sites for hydroxylation is 2. The lowest BCUT2D eigenvalue weighted by Gasteiger charge is -2.17. The number of hydrogen-bond acceptors (Lipinski definition) is 6. The van der Waals surface area contributed by atoms with Gasteiger partial charge in [-0.15, -0.1) is 21.5 Å². The van der Waals surface area contributed by atoms with E-state index in [2.05, 4.69) is 15.5 Å². The summed E-state index contributed by atoms with van der Waals surface area (Å²) in [6.07, 6.45) is -0.649. The third kappa shape index (κ3) is 4.40. The van der Waals surface area contributed by atoms with Gasteiger partial charge in [0, 0.05) is 11.3 Å². The fourth-order valence-corrected chi connectivity index (χ4v) is 4.27. The number of aromatic nitrogens is 4. The van der Waals surface area contributed by atoms with Gasteiger partial charge in [-0.1, -0.05) is 30.3 Å². The highest BCUT2D eigenvalue weighted by Gasteiger charge is 2.17. The maximum absolute atomic E-state index is 12.8. The standard InChI is InChI=1S/C26H23N5O2S/c1-16-9-10-17(2)22(14-16)33-18(3)26(32)27-20-7-4-6-19(15-20)21-11-12-24-28-29-25(31(24)30-21)23-8-5-13-34-23/h4-15,18H,1-3H3,(H,27,32). The van der Waals surface area contributed by atoms with Crippen molar-refractivity contribution in [3.8, 4) is 27.7 Å². The molecular weight excluding hydrogens is 446 g/mol. The molecule has 0 aliphatic rings. The van der Waals surface area contributed by atoms with Crippen LogP contribution in [-0.2, 0) is 4.79 Å². The van der Waals surface area contributed by atoms with Crippen molar-refractivity contribution >= 4 is 28.6 Å². The Labute approximate surface area is 201 Å².